The highest BCUT2D eigenvalue weighted by molar-refractivity contribution is 6.06. The molecule has 0 radical (unpaired) electrons. The van der Waals surface area contributed by atoms with Gasteiger partial charge in [-0.05, 0) is 131 Å². The van der Waals surface area contributed by atoms with Gasteiger partial charge < -0.3 is 30.2 Å². The lowest BCUT2D eigenvalue weighted by molar-refractivity contribution is -0.153. The van der Waals surface area contributed by atoms with Crippen LogP contribution in [0.25, 0.3) is 11.1 Å². The molecule has 1 saturated heterocycles. The van der Waals surface area contributed by atoms with Crippen molar-refractivity contribution < 1.29 is 33.0 Å². The van der Waals surface area contributed by atoms with Gasteiger partial charge in [0.05, 0.1) is 6.42 Å². The molecule has 0 aliphatic carbocycles. The summed E-state index contributed by atoms with van der Waals surface area (Å²) in [5.74, 6) is -1.27. The van der Waals surface area contributed by atoms with Gasteiger partial charge in [-0.15, -0.1) is 0 Å². The molecule has 10 heteroatoms. The van der Waals surface area contributed by atoms with Crippen LogP contribution in [-0.2, 0) is 38.4 Å². The molecule has 260 valence electrons. The van der Waals surface area contributed by atoms with Crippen LogP contribution in [0.3, 0.4) is 0 Å². The average Bonchev–Trinajstić information content (AvgIpc) is 3.59. The maximum Gasteiger partial charge on any atom is 0.407 e. The van der Waals surface area contributed by atoms with E-state index in [9.17, 15) is 18.8 Å². The summed E-state index contributed by atoms with van der Waals surface area (Å²) in [5.41, 5.74) is 3.55. The van der Waals surface area contributed by atoms with E-state index in [2.05, 4.69) is 16.0 Å². The molecule has 0 atom stereocenters. The Morgan fingerprint density at radius 2 is 1.50 bits per heavy atom. The molecular weight excluding hydrogens is 613 g/mol. The van der Waals surface area contributed by atoms with Crippen LogP contribution in [0.4, 0.5) is 20.6 Å². The van der Waals surface area contributed by atoms with Crippen LogP contribution in [0.15, 0.2) is 54.6 Å². The van der Waals surface area contributed by atoms with Gasteiger partial charge in [-0.2, -0.15) is 0 Å². The molecule has 0 aromatic heterocycles. The molecular formula is C38H50FN3O6. The third-order valence-corrected chi connectivity index (χ3v) is 7.02. The zero-order chi connectivity index (χ0) is 35.5. The molecule has 1 aliphatic heterocycles. The van der Waals surface area contributed by atoms with E-state index in [1.807, 2.05) is 39.8 Å². The summed E-state index contributed by atoms with van der Waals surface area (Å²) in [6, 6.07) is 15.2. The second-order valence-corrected chi connectivity index (χ2v) is 13.6. The number of carbonyl (C=O) groups is 3. The van der Waals surface area contributed by atoms with Crippen molar-refractivity contribution in [1.82, 2.24) is 5.32 Å². The smallest absolute Gasteiger partial charge is 0.407 e. The molecule has 0 unspecified atom stereocenters. The Labute approximate surface area is 283 Å². The Bertz CT molecular complexity index is 1560. The molecule has 3 aromatic carbocycles. The van der Waals surface area contributed by atoms with E-state index in [0.29, 0.717) is 39.2 Å². The average molecular weight is 664 g/mol. The van der Waals surface area contributed by atoms with Gasteiger partial charge in [0.25, 0.3) is 5.91 Å². The van der Waals surface area contributed by atoms with Crippen molar-refractivity contribution in [3.63, 3.8) is 0 Å². The quantitative estimate of drug-likeness (QED) is 0.199. The summed E-state index contributed by atoms with van der Waals surface area (Å²) in [5, 5.41) is 8.64. The predicted molar refractivity (Wildman–Crippen MR) is 188 cm³/mol. The third kappa shape index (κ3) is 13.0. The van der Waals surface area contributed by atoms with Gasteiger partial charge in [-0.25, -0.2) is 9.18 Å². The number of aryl methyl sites for hydroxylation is 1. The molecule has 2 amide bonds. The molecule has 1 fully saturated rings. The first kappa shape index (κ1) is 38.0. The van der Waals surface area contributed by atoms with Crippen LogP contribution < -0.4 is 16.0 Å². The van der Waals surface area contributed by atoms with Crippen molar-refractivity contribution >= 4 is 29.3 Å². The molecule has 4 rings (SSSR count). The number of nitrogens with one attached hydrogen (secondary N) is 3. The minimum Gasteiger partial charge on any atom is -0.460 e. The second-order valence-electron chi connectivity index (χ2n) is 13.6. The number of benzene rings is 3. The van der Waals surface area contributed by atoms with Crippen molar-refractivity contribution in [3.8, 4) is 11.1 Å². The topological polar surface area (TPSA) is 115 Å². The second kappa shape index (κ2) is 17.1. The van der Waals surface area contributed by atoms with Gasteiger partial charge in [-0.3, -0.25) is 9.59 Å². The summed E-state index contributed by atoms with van der Waals surface area (Å²) in [7, 11) is 1.73. The van der Waals surface area contributed by atoms with E-state index in [0.717, 1.165) is 25.2 Å². The number of alkyl carbamates (subject to hydrolysis) is 1. The Morgan fingerprint density at radius 3 is 2.08 bits per heavy atom. The van der Waals surface area contributed by atoms with Crippen LogP contribution in [0.1, 0.15) is 88.4 Å². The highest BCUT2D eigenvalue weighted by Gasteiger charge is 2.20. The number of anilines is 2. The standard InChI is InChI=1S/C34H42FN3O5.C4H8O/c1-9-21-10-11-29(25(12-21)19-30(39)42-33(2,3)4)38-31(40)26-15-24(17-28(18-26)36-8)23-13-22(14-27(35)16-23)20-37-32(41)43-34(5,6)7;1-2-4-5-3-1/h10-18,36H,9,19-20H2,1-8H3,(H,37,41)(H,38,40);1-4H2. The fraction of sp³-hybridized carbons (Fsp3) is 0.447. The van der Waals surface area contributed by atoms with Gasteiger partial charge in [0, 0.05) is 43.7 Å². The summed E-state index contributed by atoms with van der Waals surface area (Å²) in [4.78, 5) is 38.2. The Balaban J connectivity index is 0.00000114. The number of esters is 1. The van der Waals surface area contributed by atoms with Crippen molar-refractivity contribution in [2.45, 2.75) is 91.9 Å². The lowest BCUT2D eigenvalue weighted by Gasteiger charge is -2.20. The molecule has 3 aromatic rings. The molecule has 0 bridgehead atoms. The molecule has 0 spiro atoms. The molecule has 48 heavy (non-hydrogen) atoms. The number of ether oxygens (including phenoxy) is 3. The normalized spacial score (nSPS) is 12.8. The summed E-state index contributed by atoms with van der Waals surface area (Å²) >= 11 is 0. The van der Waals surface area contributed by atoms with Crippen molar-refractivity contribution in [2.75, 3.05) is 30.9 Å². The highest BCUT2D eigenvalue weighted by atomic mass is 19.1. The first-order chi connectivity index (χ1) is 22.5. The maximum atomic E-state index is 14.7. The van der Waals surface area contributed by atoms with E-state index >= 15 is 0 Å². The SMILES string of the molecule is C1CCOC1.CCc1ccc(NC(=O)c2cc(NC)cc(-c3cc(F)cc(CNC(=O)OC(C)(C)C)c3)c2)c(CC(=O)OC(C)(C)C)c1. The predicted octanol–water partition coefficient (Wildman–Crippen LogP) is 8.05. The number of carbonyl (C=O) groups excluding carboxylic acids is 3. The largest absolute Gasteiger partial charge is 0.460 e. The summed E-state index contributed by atoms with van der Waals surface area (Å²) < 4.78 is 30.4. The molecule has 3 N–H and O–H groups in total. The lowest BCUT2D eigenvalue weighted by atomic mass is 9.99. The first-order valence-corrected chi connectivity index (χ1v) is 16.4. The molecule has 9 nitrogen and oxygen atoms in total. The van der Waals surface area contributed by atoms with Gasteiger partial charge in [0.15, 0.2) is 0 Å². The van der Waals surface area contributed by atoms with Crippen LogP contribution in [-0.4, -0.2) is 49.4 Å². The number of rotatable bonds is 9. The number of hydrogen-bond acceptors (Lipinski definition) is 7. The first-order valence-electron chi connectivity index (χ1n) is 16.4. The maximum absolute atomic E-state index is 14.7. The lowest BCUT2D eigenvalue weighted by Crippen LogP contribution is -2.32. The molecule has 1 aliphatic rings. The van der Waals surface area contributed by atoms with E-state index in [1.165, 1.54) is 25.0 Å². The fourth-order valence-electron chi connectivity index (χ4n) is 4.85. The van der Waals surface area contributed by atoms with E-state index in [-0.39, 0.29) is 13.0 Å². The summed E-state index contributed by atoms with van der Waals surface area (Å²) in [6.07, 6.45) is 2.73. The number of hydrogen-bond donors (Lipinski definition) is 3. The van der Waals surface area contributed by atoms with Crippen molar-refractivity contribution in [2.24, 2.45) is 0 Å². The monoisotopic (exact) mass is 663 g/mol. The number of amides is 2. The molecule has 1 heterocycles. The zero-order valence-corrected chi connectivity index (χ0v) is 29.5. The van der Waals surface area contributed by atoms with Gasteiger partial charge in [-0.1, -0.05) is 19.1 Å². The van der Waals surface area contributed by atoms with Crippen LogP contribution in [0, 0.1) is 5.82 Å². The van der Waals surface area contributed by atoms with Gasteiger partial charge >= 0.3 is 12.1 Å². The number of halogens is 1. The van der Waals surface area contributed by atoms with E-state index in [4.69, 9.17) is 14.2 Å². The fourth-order valence-corrected chi connectivity index (χ4v) is 4.85. The van der Waals surface area contributed by atoms with Crippen LogP contribution in [0.5, 0.6) is 0 Å². The van der Waals surface area contributed by atoms with Gasteiger partial charge in [0.2, 0.25) is 0 Å². The highest BCUT2D eigenvalue weighted by Crippen LogP contribution is 2.28. The van der Waals surface area contributed by atoms with Crippen LogP contribution >= 0.6 is 0 Å². The van der Waals surface area contributed by atoms with Crippen molar-refractivity contribution in [3.05, 3.63) is 82.7 Å². The Morgan fingerprint density at radius 1 is 0.833 bits per heavy atom. The third-order valence-electron chi connectivity index (χ3n) is 7.02. The minimum absolute atomic E-state index is 0.00588. The van der Waals surface area contributed by atoms with E-state index in [1.54, 1.807) is 58.2 Å². The summed E-state index contributed by atoms with van der Waals surface area (Å²) in [6.45, 7) is 14.8. The Kier molecular flexibility index (Phi) is 13.5. The molecule has 0 saturated carbocycles. The Hall–Kier alpha value is -4.44. The zero-order valence-electron chi connectivity index (χ0n) is 29.5. The van der Waals surface area contributed by atoms with Crippen LogP contribution in [0.2, 0.25) is 0 Å². The van der Waals surface area contributed by atoms with Gasteiger partial charge in [0.1, 0.15) is 17.0 Å². The minimum atomic E-state index is -0.656. The van der Waals surface area contributed by atoms with E-state index < -0.39 is 35.0 Å². The van der Waals surface area contributed by atoms with Crippen molar-refractivity contribution in [1.29, 1.82) is 0 Å².